The molecule has 1 aromatic rings. The van der Waals surface area contributed by atoms with Gasteiger partial charge in [-0.2, -0.15) is 0 Å². The number of benzene rings is 1. The van der Waals surface area contributed by atoms with Crippen LogP contribution in [-0.2, 0) is 4.79 Å². The highest BCUT2D eigenvalue weighted by molar-refractivity contribution is 5.95. The molecule has 1 aromatic carbocycles. The van der Waals surface area contributed by atoms with E-state index in [1.54, 1.807) is 6.07 Å². The van der Waals surface area contributed by atoms with Crippen molar-refractivity contribution in [3.8, 4) is 5.75 Å². The molecule has 0 heterocycles. The van der Waals surface area contributed by atoms with Gasteiger partial charge in [-0.05, 0) is 17.5 Å². The molecule has 4 nitrogen and oxygen atoms in total. The first-order valence-electron chi connectivity index (χ1n) is 5.65. The van der Waals surface area contributed by atoms with Crippen molar-refractivity contribution in [3.05, 3.63) is 24.0 Å². The fraction of sp³-hybridized carbons (Fsp3) is 0.462. The predicted molar refractivity (Wildman–Crippen MR) is 76.3 cm³/mol. The molecule has 0 unspecified atom stereocenters. The van der Waals surface area contributed by atoms with E-state index < -0.39 is 11.9 Å². The lowest BCUT2D eigenvalue weighted by Crippen LogP contribution is -2.45. The van der Waals surface area contributed by atoms with Crippen molar-refractivity contribution in [2.24, 2.45) is 11.1 Å². The maximum Gasteiger partial charge on any atom is 0.241 e. The second-order valence-corrected chi connectivity index (χ2v) is 5.18. The lowest BCUT2D eigenvalue weighted by atomic mass is 9.87. The first-order valence-corrected chi connectivity index (χ1v) is 5.65. The van der Waals surface area contributed by atoms with Crippen LogP contribution in [0.4, 0.5) is 10.1 Å². The van der Waals surface area contributed by atoms with Gasteiger partial charge in [0, 0.05) is 11.8 Å². The molecule has 6 heteroatoms. The van der Waals surface area contributed by atoms with Crippen LogP contribution in [0.2, 0.25) is 0 Å². The zero-order valence-corrected chi connectivity index (χ0v) is 12.3. The number of hydrogen-bond donors (Lipinski definition) is 2. The summed E-state index contributed by atoms with van der Waals surface area (Å²) in [6.07, 6.45) is 0. The minimum Gasteiger partial charge on any atom is -0.494 e. The number of anilines is 1. The second kappa shape index (κ2) is 6.73. The van der Waals surface area contributed by atoms with E-state index in [9.17, 15) is 9.18 Å². The van der Waals surface area contributed by atoms with Gasteiger partial charge in [-0.15, -0.1) is 12.4 Å². The monoisotopic (exact) mass is 290 g/mol. The van der Waals surface area contributed by atoms with E-state index in [0.29, 0.717) is 5.69 Å². The fourth-order valence-electron chi connectivity index (χ4n) is 1.36. The SMILES string of the molecule is COc1ccc(NC(=O)[C@@H](N)C(C)(C)C)cc1F.Cl. The molecule has 1 atom stereocenters. The van der Waals surface area contributed by atoms with Gasteiger partial charge in [-0.1, -0.05) is 20.8 Å². The Bertz CT molecular complexity index is 447. The Balaban J connectivity index is 0.00000324. The van der Waals surface area contributed by atoms with Gasteiger partial charge in [-0.25, -0.2) is 4.39 Å². The molecule has 0 bridgehead atoms. The summed E-state index contributed by atoms with van der Waals surface area (Å²) in [5.74, 6) is -0.736. The van der Waals surface area contributed by atoms with Crippen LogP contribution >= 0.6 is 12.4 Å². The second-order valence-electron chi connectivity index (χ2n) is 5.18. The van der Waals surface area contributed by atoms with Crippen molar-refractivity contribution in [1.82, 2.24) is 0 Å². The number of hydrogen-bond acceptors (Lipinski definition) is 3. The number of ether oxygens (including phenoxy) is 1. The third kappa shape index (κ3) is 4.69. The summed E-state index contributed by atoms with van der Waals surface area (Å²) in [5, 5.41) is 2.58. The zero-order chi connectivity index (χ0) is 13.9. The minimum atomic E-state index is -0.664. The van der Waals surface area contributed by atoms with Crippen LogP contribution in [-0.4, -0.2) is 19.1 Å². The molecule has 0 saturated heterocycles. The van der Waals surface area contributed by atoms with Gasteiger partial charge in [0.25, 0.3) is 0 Å². The largest absolute Gasteiger partial charge is 0.494 e. The van der Waals surface area contributed by atoms with Crippen molar-refractivity contribution in [3.63, 3.8) is 0 Å². The van der Waals surface area contributed by atoms with E-state index in [2.05, 4.69) is 5.32 Å². The maximum atomic E-state index is 13.4. The van der Waals surface area contributed by atoms with Gasteiger partial charge < -0.3 is 15.8 Å². The van der Waals surface area contributed by atoms with Crippen LogP contribution in [0.3, 0.4) is 0 Å². The first-order chi connectivity index (χ1) is 8.25. The lowest BCUT2D eigenvalue weighted by molar-refractivity contribution is -0.119. The Hall–Kier alpha value is -1.33. The molecule has 0 saturated carbocycles. The van der Waals surface area contributed by atoms with Gasteiger partial charge in [-0.3, -0.25) is 4.79 Å². The average molecular weight is 291 g/mol. The predicted octanol–water partition coefficient (Wildman–Crippen LogP) is 2.57. The van der Waals surface area contributed by atoms with E-state index >= 15 is 0 Å². The van der Waals surface area contributed by atoms with E-state index in [-0.39, 0.29) is 29.5 Å². The molecule has 0 aromatic heterocycles. The summed E-state index contributed by atoms with van der Waals surface area (Å²) in [6.45, 7) is 5.60. The van der Waals surface area contributed by atoms with Crippen LogP contribution in [0.1, 0.15) is 20.8 Å². The number of methoxy groups -OCH3 is 1. The van der Waals surface area contributed by atoms with E-state index in [0.717, 1.165) is 0 Å². The highest BCUT2D eigenvalue weighted by atomic mass is 35.5. The number of nitrogens with one attached hydrogen (secondary N) is 1. The smallest absolute Gasteiger partial charge is 0.241 e. The number of carbonyl (C=O) groups is 1. The molecular formula is C13H20ClFN2O2. The molecule has 19 heavy (non-hydrogen) atoms. The Morgan fingerprint density at radius 1 is 1.42 bits per heavy atom. The summed E-state index contributed by atoms with van der Waals surface area (Å²) in [4.78, 5) is 11.8. The van der Waals surface area contributed by atoms with Crippen molar-refractivity contribution in [2.45, 2.75) is 26.8 Å². The standard InChI is InChI=1S/C13H19FN2O2.ClH/c1-13(2,3)11(15)12(17)16-8-5-6-10(18-4)9(14)7-8;/h5-7,11H,15H2,1-4H3,(H,16,17);1H/t11-;/m1./s1. The third-order valence-electron chi connectivity index (χ3n) is 2.63. The minimum absolute atomic E-state index is 0. The summed E-state index contributed by atoms with van der Waals surface area (Å²) in [6, 6.07) is 3.55. The van der Waals surface area contributed by atoms with E-state index in [4.69, 9.17) is 10.5 Å². The van der Waals surface area contributed by atoms with Crippen LogP contribution < -0.4 is 15.8 Å². The Labute approximate surface area is 118 Å². The Morgan fingerprint density at radius 3 is 2.42 bits per heavy atom. The number of halogens is 2. The zero-order valence-electron chi connectivity index (χ0n) is 11.5. The quantitative estimate of drug-likeness (QED) is 0.899. The molecule has 0 aliphatic carbocycles. The molecule has 108 valence electrons. The van der Waals surface area contributed by atoms with Crippen molar-refractivity contribution >= 4 is 24.0 Å². The number of carbonyl (C=O) groups excluding carboxylic acids is 1. The topological polar surface area (TPSA) is 64.3 Å². The summed E-state index contributed by atoms with van der Waals surface area (Å²) in [5.41, 5.74) is 5.81. The Kier molecular flexibility index (Phi) is 6.25. The molecule has 0 aliphatic rings. The van der Waals surface area contributed by atoms with Crippen LogP contribution in [0, 0.1) is 11.2 Å². The maximum absolute atomic E-state index is 13.4. The number of nitrogens with two attached hydrogens (primary N) is 1. The highest BCUT2D eigenvalue weighted by Gasteiger charge is 2.27. The normalized spacial score (nSPS) is 12.3. The highest BCUT2D eigenvalue weighted by Crippen LogP contribution is 2.22. The molecular weight excluding hydrogens is 271 g/mol. The third-order valence-corrected chi connectivity index (χ3v) is 2.63. The van der Waals surface area contributed by atoms with Crippen molar-refractivity contribution in [2.75, 3.05) is 12.4 Å². The van der Waals surface area contributed by atoms with Crippen molar-refractivity contribution < 1.29 is 13.9 Å². The van der Waals surface area contributed by atoms with Gasteiger partial charge in [0.15, 0.2) is 11.6 Å². The van der Waals surface area contributed by atoms with Gasteiger partial charge >= 0.3 is 0 Å². The first kappa shape index (κ1) is 17.7. The Morgan fingerprint density at radius 2 is 2.00 bits per heavy atom. The summed E-state index contributed by atoms with van der Waals surface area (Å²) < 4.78 is 18.2. The molecule has 3 N–H and O–H groups in total. The lowest BCUT2D eigenvalue weighted by Gasteiger charge is -2.25. The van der Waals surface area contributed by atoms with Crippen LogP contribution in [0.25, 0.3) is 0 Å². The molecule has 0 aliphatic heterocycles. The summed E-state index contributed by atoms with van der Waals surface area (Å²) >= 11 is 0. The molecule has 0 radical (unpaired) electrons. The fourth-order valence-corrected chi connectivity index (χ4v) is 1.36. The van der Waals surface area contributed by atoms with Gasteiger partial charge in [0.1, 0.15) is 0 Å². The molecule has 0 fully saturated rings. The average Bonchev–Trinajstić information content (AvgIpc) is 2.27. The van der Waals surface area contributed by atoms with Gasteiger partial charge in [0.2, 0.25) is 5.91 Å². The van der Waals surface area contributed by atoms with Crippen molar-refractivity contribution in [1.29, 1.82) is 0 Å². The summed E-state index contributed by atoms with van der Waals surface area (Å²) in [7, 11) is 1.38. The molecule has 0 spiro atoms. The van der Waals surface area contributed by atoms with Crippen LogP contribution in [0.15, 0.2) is 18.2 Å². The molecule has 1 amide bonds. The van der Waals surface area contributed by atoms with Crippen LogP contribution in [0.5, 0.6) is 5.75 Å². The van der Waals surface area contributed by atoms with Gasteiger partial charge in [0.05, 0.1) is 13.2 Å². The number of rotatable bonds is 3. The van der Waals surface area contributed by atoms with E-state index in [1.165, 1.54) is 19.2 Å². The van der Waals surface area contributed by atoms with E-state index in [1.807, 2.05) is 20.8 Å². The number of amides is 1. The molecule has 1 rings (SSSR count).